The van der Waals surface area contributed by atoms with Crippen molar-refractivity contribution in [1.29, 1.82) is 0 Å². The third kappa shape index (κ3) is 5.71. The van der Waals surface area contributed by atoms with Crippen LogP contribution in [0.2, 0.25) is 5.15 Å². The number of halogens is 1. The molecule has 8 heteroatoms. The zero-order valence-corrected chi connectivity index (χ0v) is 24.8. The maximum Gasteiger partial charge on any atom is 0.257 e. The van der Waals surface area contributed by atoms with E-state index in [2.05, 4.69) is 51.4 Å². The number of piperidine rings is 1. The summed E-state index contributed by atoms with van der Waals surface area (Å²) in [5.41, 5.74) is 4.95. The Morgan fingerprint density at radius 3 is 2.43 bits per heavy atom. The Morgan fingerprint density at radius 1 is 0.976 bits per heavy atom. The Bertz CT molecular complexity index is 1550. The third-order valence-electron chi connectivity index (χ3n) is 9.20. The average molecular weight is 582 g/mol. The zero-order chi connectivity index (χ0) is 29.2. The molecule has 0 bridgehead atoms. The quantitative estimate of drug-likeness (QED) is 0.242. The molecule has 0 spiro atoms. The SMILES string of the molecule is Cc1ccc(C(=O)N2CC[C@H](c3ccc(-n4ccnc4)cc3)[C@@H](C)C2C2CCCC2)cc1NC(=O)c1ccc(Cl)nc1. The summed E-state index contributed by atoms with van der Waals surface area (Å²) in [7, 11) is 0. The van der Waals surface area contributed by atoms with Gasteiger partial charge in [-0.2, -0.15) is 0 Å². The summed E-state index contributed by atoms with van der Waals surface area (Å²) in [4.78, 5) is 37.4. The van der Waals surface area contributed by atoms with Crippen LogP contribution in [0.1, 0.15) is 76.8 Å². The first kappa shape index (κ1) is 28.2. The number of aromatic nitrogens is 3. The number of aryl methyl sites for hydroxylation is 1. The fraction of sp³-hybridized carbons (Fsp3) is 0.353. The highest BCUT2D eigenvalue weighted by molar-refractivity contribution is 6.29. The van der Waals surface area contributed by atoms with Crippen LogP contribution < -0.4 is 5.32 Å². The predicted molar refractivity (Wildman–Crippen MR) is 165 cm³/mol. The van der Waals surface area contributed by atoms with E-state index in [1.807, 2.05) is 42.2 Å². The molecule has 216 valence electrons. The van der Waals surface area contributed by atoms with Crippen LogP contribution in [0.4, 0.5) is 5.69 Å². The van der Waals surface area contributed by atoms with E-state index in [1.54, 1.807) is 18.3 Å². The van der Waals surface area contributed by atoms with Gasteiger partial charge in [0.05, 0.1) is 11.9 Å². The van der Waals surface area contributed by atoms with Crippen molar-refractivity contribution in [2.24, 2.45) is 11.8 Å². The Labute approximate surface area is 251 Å². The smallest absolute Gasteiger partial charge is 0.257 e. The van der Waals surface area contributed by atoms with Crippen LogP contribution in [0.25, 0.3) is 5.69 Å². The van der Waals surface area contributed by atoms with Crippen LogP contribution in [0.5, 0.6) is 0 Å². The number of carbonyl (C=O) groups excluding carboxylic acids is 2. The monoisotopic (exact) mass is 581 g/mol. The fourth-order valence-electron chi connectivity index (χ4n) is 6.97. The second-order valence-electron chi connectivity index (χ2n) is 11.7. The lowest BCUT2D eigenvalue weighted by Crippen LogP contribution is -2.53. The number of pyridine rings is 1. The standard InChI is InChI=1S/C34H36ClN5O2/c1-22-7-8-26(19-30(22)38-33(41)27-11-14-31(35)37-20-27)34(42)40-17-15-29(23(2)32(40)25-5-3-4-6-25)24-9-12-28(13-10-24)39-18-16-36-21-39/h7-14,16,18-21,23,25,29,32H,3-6,15,17H2,1-2H3,(H,38,41)/t23-,29+,32?/m1/s1. The van der Waals surface area contributed by atoms with Crippen molar-refractivity contribution < 1.29 is 9.59 Å². The molecule has 2 aromatic carbocycles. The van der Waals surface area contributed by atoms with E-state index in [1.165, 1.54) is 24.6 Å². The van der Waals surface area contributed by atoms with E-state index in [-0.39, 0.29) is 17.9 Å². The molecule has 2 aliphatic rings. The molecule has 1 unspecified atom stereocenters. The molecule has 1 saturated heterocycles. The Balaban J connectivity index is 1.23. The van der Waals surface area contributed by atoms with Crippen molar-refractivity contribution in [2.75, 3.05) is 11.9 Å². The molecular weight excluding hydrogens is 546 g/mol. The lowest BCUT2D eigenvalue weighted by molar-refractivity contribution is 0.0310. The highest BCUT2D eigenvalue weighted by atomic mass is 35.5. The van der Waals surface area contributed by atoms with Gasteiger partial charge in [-0.25, -0.2) is 9.97 Å². The van der Waals surface area contributed by atoms with Gasteiger partial charge in [-0.05, 0) is 91.5 Å². The van der Waals surface area contributed by atoms with Crippen molar-refractivity contribution in [1.82, 2.24) is 19.4 Å². The van der Waals surface area contributed by atoms with Crippen molar-refractivity contribution >= 4 is 29.1 Å². The minimum absolute atomic E-state index is 0.0383. The van der Waals surface area contributed by atoms with Gasteiger partial charge >= 0.3 is 0 Å². The molecule has 4 aromatic rings. The summed E-state index contributed by atoms with van der Waals surface area (Å²) in [6.45, 7) is 4.97. The first-order chi connectivity index (χ1) is 20.4. The first-order valence-electron chi connectivity index (χ1n) is 14.8. The largest absolute Gasteiger partial charge is 0.335 e. The number of nitrogens with one attached hydrogen (secondary N) is 1. The summed E-state index contributed by atoms with van der Waals surface area (Å²) in [5, 5.41) is 3.29. The average Bonchev–Trinajstić information content (AvgIpc) is 3.74. The minimum Gasteiger partial charge on any atom is -0.335 e. The van der Waals surface area contributed by atoms with Gasteiger partial charge in [0.1, 0.15) is 5.15 Å². The van der Waals surface area contributed by atoms with Gasteiger partial charge in [0.2, 0.25) is 0 Å². The third-order valence-corrected chi connectivity index (χ3v) is 9.43. The molecule has 1 saturated carbocycles. The predicted octanol–water partition coefficient (Wildman–Crippen LogP) is 7.31. The maximum absolute atomic E-state index is 14.2. The van der Waals surface area contributed by atoms with Crippen LogP contribution in [-0.4, -0.2) is 43.8 Å². The van der Waals surface area contributed by atoms with E-state index in [9.17, 15) is 9.59 Å². The van der Waals surface area contributed by atoms with Crippen LogP contribution in [0.3, 0.4) is 0 Å². The topological polar surface area (TPSA) is 80.1 Å². The summed E-state index contributed by atoms with van der Waals surface area (Å²) < 4.78 is 2.01. The molecule has 7 nitrogen and oxygen atoms in total. The lowest BCUT2D eigenvalue weighted by atomic mass is 9.72. The highest BCUT2D eigenvalue weighted by Crippen LogP contribution is 2.44. The Kier molecular flexibility index (Phi) is 8.11. The maximum atomic E-state index is 14.2. The van der Waals surface area contributed by atoms with Gasteiger partial charge in [0.25, 0.3) is 11.8 Å². The second kappa shape index (κ2) is 12.1. The van der Waals surface area contributed by atoms with E-state index < -0.39 is 0 Å². The summed E-state index contributed by atoms with van der Waals surface area (Å²) in [6.07, 6.45) is 12.7. The minimum atomic E-state index is -0.288. The van der Waals surface area contributed by atoms with Crippen molar-refractivity contribution in [3.8, 4) is 5.69 Å². The Hall–Kier alpha value is -3.97. The molecule has 42 heavy (non-hydrogen) atoms. The molecule has 0 radical (unpaired) electrons. The molecule has 2 aromatic heterocycles. The molecule has 2 fully saturated rings. The number of carbonyl (C=O) groups is 2. The molecule has 2 amide bonds. The first-order valence-corrected chi connectivity index (χ1v) is 15.2. The van der Waals surface area contributed by atoms with Gasteiger partial charge in [-0.3, -0.25) is 9.59 Å². The molecule has 6 rings (SSSR count). The molecule has 1 aliphatic heterocycles. The van der Waals surface area contributed by atoms with Gasteiger partial charge in [0.15, 0.2) is 0 Å². The summed E-state index contributed by atoms with van der Waals surface area (Å²) in [6, 6.07) is 17.8. The normalized spacial score (nSPS) is 20.9. The number of benzene rings is 2. The van der Waals surface area contributed by atoms with Gasteiger partial charge in [-0.15, -0.1) is 0 Å². The zero-order valence-electron chi connectivity index (χ0n) is 24.0. The number of imidazole rings is 1. The van der Waals surface area contributed by atoms with E-state index in [4.69, 9.17) is 11.6 Å². The van der Waals surface area contributed by atoms with Crippen molar-refractivity contribution in [3.63, 3.8) is 0 Å². The Morgan fingerprint density at radius 2 is 1.74 bits per heavy atom. The number of likely N-dealkylation sites (tertiary alicyclic amines) is 1. The second-order valence-corrected chi connectivity index (χ2v) is 12.1. The highest BCUT2D eigenvalue weighted by Gasteiger charge is 2.43. The van der Waals surface area contributed by atoms with E-state index in [0.717, 1.165) is 30.5 Å². The van der Waals surface area contributed by atoms with Crippen LogP contribution in [0.15, 0.2) is 79.5 Å². The number of hydrogen-bond acceptors (Lipinski definition) is 4. The molecule has 1 aliphatic carbocycles. The molecule has 3 atom stereocenters. The number of amides is 2. The molecular formula is C34H36ClN5O2. The summed E-state index contributed by atoms with van der Waals surface area (Å²) in [5.74, 6) is 0.962. The van der Waals surface area contributed by atoms with Crippen LogP contribution in [-0.2, 0) is 0 Å². The van der Waals surface area contributed by atoms with Gasteiger partial charge in [-0.1, -0.05) is 49.6 Å². The van der Waals surface area contributed by atoms with Crippen molar-refractivity contribution in [3.05, 3.63) is 107 Å². The number of anilines is 1. The van der Waals surface area contributed by atoms with E-state index in [0.29, 0.717) is 46.3 Å². The number of nitrogens with zero attached hydrogens (tertiary/aromatic N) is 4. The van der Waals surface area contributed by atoms with E-state index >= 15 is 0 Å². The molecule has 3 heterocycles. The van der Waals surface area contributed by atoms with Crippen LogP contribution in [0, 0.1) is 18.8 Å². The number of rotatable bonds is 6. The van der Waals surface area contributed by atoms with Gasteiger partial charge in [0, 0.05) is 48.1 Å². The van der Waals surface area contributed by atoms with Crippen molar-refractivity contribution in [2.45, 2.75) is 57.9 Å². The lowest BCUT2D eigenvalue weighted by Gasteiger charge is -2.47. The van der Waals surface area contributed by atoms with Crippen LogP contribution >= 0.6 is 11.6 Å². The fourth-order valence-corrected chi connectivity index (χ4v) is 7.08. The van der Waals surface area contributed by atoms with Gasteiger partial charge < -0.3 is 14.8 Å². The number of hydrogen-bond donors (Lipinski definition) is 1. The summed E-state index contributed by atoms with van der Waals surface area (Å²) >= 11 is 5.88. The molecule has 1 N–H and O–H groups in total.